The summed E-state index contributed by atoms with van der Waals surface area (Å²) in [4.78, 5) is 30.3. The maximum Gasteiger partial charge on any atom is 0.337 e. The number of hydrogen-bond acceptors (Lipinski definition) is 7. The number of aryl methyl sites for hydroxylation is 2. The van der Waals surface area contributed by atoms with Crippen LogP contribution in [0.3, 0.4) is 0 Å². The van der Waals surface area contributed by atoms with Crippen LogP contribution in [-0.2, 0) is 15.9 Å². The van der Waals surface area contributed by atoms with E-state index in [4.69, 9.17) is 14.5 Å². The highest BCUT2D eigenvalue weighted by atomic mass is 16.5. The Morgan fingerprint density at radius 2 is 1.94 bits per heavy atom. The first-order valence-corrected chi connectivity index (χ1v) is 12.2. The molecule has 3 N–H and O–H groups in total. The second-order valence-corrected chi connectivity index (χ2v) is 8.88. The molecule has 4 rings (SSSR count). The van der Waals surface area contributed by atoms with E-state index >= 15 is 0 Å². The van der Waals surface area contributed by atoms with Crippen molar-refractivity contribution < 1.29 is 19.1 Å². The minimum absolute atomic E-state index is 0.253. The molecule has 1 fully saturated rings. The van der Waals surface area contributed by atoms with Crippen LogP contribution in [0.2, 0.25) is 0 Å². The van der Waals surface area contributed by atoms with E-state index in [2.05, 4.69) is 27.8 Å². The molecule has 9 nitrogen and oxygen atoms in total. The molecule has 0 spiro atoms. The summed E-state index contributed by atoms with van der Waals surface area (Å²) in [6.07, 6.45) is 4.97. The van der Waals surface area contributed by atoms with Gasteiger partial charge < -0.3 is 20.1 Å². The fourth-order valence-corrected chi connectivity index (χ4v) is 4.65. The number of ether oxygens (including phenoxy) is 2. The maximum absolute atomic E-state index is 13.4. The number of aromatic amines is 1. The molecular weight excluding hydrogens is 446 g/mol. The lowest BCUT2D eigenvalue weighted by Gasteiger charge is -2.29. The molecule has 1 aliphatic heterocycles. The van der Waals surface area contributed by atoms with Crippen molar-refractivity contribution in [2.45, 2.75) is 58.5 Å². The van der Waals surface area contributed by atoms with Gasteiger partial charge >= 0.3 is 5.97 Å². The Bertz CT molecular complexity index is 1220. The third kappa shape index (κ3) is 5.30. The lowest BCUT2D eigenvalue weighted by Crippen LogP contribution is -2.32. The predicted molar refractivity (Wildman–Crippen MR) is 134 cm³/mol. The molecule has 1 amide bonds. The van der Waals surface area contributed by atoms with Gasteiger partial charge in [-0.15, -0.1) is 0 Å². The van der Waals surface area contributed by atoms with Gasteiger partial charge in [-0.25, -0.2) is 9.78 Å². The number of carbonyl (C=O) groups is 2. The highest BCUT2D eigenvalue weighted by Crippen LogP contribution is 2.35. The number of esters is 1. The molecule has 1 saturated heterocycles. The topological polar surface area (TPSA) is 118 Å². The van der Waals surface area contributed by atoms with Gasteiger partial charge in [-0.1, -0.05) is 13.8 Å². The van der Waals surface area contributed by atoms with Crippen molar-refractivity contribution in [2.75, 3.05) is 25.6 Å². The molecular formula is C26H33N5O4. The molecule has 3 aromatic rings. The Morgan fingerprint density at radius 1 is 1.20 bits per heavy atom. The van der Waals surface area contributed by atoms with Gasteiger partial charge in [-0.3, -0.25) is 9.89 Å². The summed E-state index contributed by atoms with van der Waals surface area (Å²) in [6.45, 7) is 7.39. The van der Waals surface area contributed by atoms with Gasteiger partial charge in [0.2, 0.25) is 0 Å². The molecule has 35 heavy (non-hydrogen) atoms. The van der Waals surface area contributed by atoms with Crippen LogP contribution in [0, 0.1) is 6.92 Å². The lowest BCUT2D eigenvalue weighted by molar-refractivity contribution is 0.0600. The van der Waals surface area contributed by atoms with Gasteiger partial charge in [0, 0.05) is 36.1 Å². The number of nitrogens with zero attached hydrogens (tertiary/aromatic N) is 2. The SMILES string of the molecule is CCc1nc2[nH]ncc2c(NC2CCOCC2)c1C(CC)NC(=O)c1cc(C)cc(C(=O)OC)c1. The van der Waals surface area contributed by atoms with Gasteiger partial charge in [-0.05, 0) is 56.4 Å². The monoisotopic (exact) mass is 479 g/mol. The predicted octanol–water partition coefficient (Wildman–Crippen LogP) is 4.09. The fraction of sp³-hybridized carbons (Fsp3) is 0.462. The summed E-state index contributed by atoms with van der Waals surface area (Å²) < 4.78 is 10.4. The Hall–Kier alpha value is -3.46. The van der Waals surface area contributed by atoms with Gasteiger partial charge in [0.05, 0.1) is 36.0 Å². The second kappa shape index (κ2) is 10.9. The largest absolute Gasteiger partial charge is 0.465 e. The molecule has 0 aliphatic carbocycles. The van der Waals surface area contributed by atoms with Crippen LogP contribution >= 0.6 is 0 Å². The van der Waals surface area contributed by atoms with Gasteiger partial charge in [0.15, 0.2) is 5.65 Å². The molecule has 0 saturated carbocycles. The molecule has 1 aromatic carbocycles. The quantitative estimate of drug-likeness (QED) is 0.417. The molecule has 3 heterocycles. The normalized spacial score (nSPS) is 15.1. The first kappa shape index (κ1) is 24.7. The van der Waals surface area contributed by atoms with Crippen molar-refractivity contribution in [3.63, 3.8) is 0 Å². The number of carbonyl (C=O) groups excluding carboxylic acids is 2. The summed E-state index contributed by atoms with van der Waals surface area (Å²) in [6, 6.07) is 5.03. The molecule has 1 unspecified atom stereocenters. The second-order valence-electron chi connectivity index (χ2n) is 8.88. The Balaban J connectivity index is 1.72. The minimum Gasteiger partial charge on any atom is -0.465 e. The number of rotatable bonds is 8. The van der Waals surface area contributed by atoms with E-state index < -0.39 is 5.97 Å². The molecule has 2 aromatic heterocycles. The van der Waals surface area contributed by atoms with Crippen LogP contribution in [0.25, 0.3) is 11.0 Å². The number of amides is 1. The van der Waals surface area contributed by atoms with Gasteiger partial charge in [-0.2, -0.15) is 5.10 Å². The molecule has 9 heteroatoms. The molecule has 1 atom stereocenters. The summed E-state index contributed by atoms with van der Waals surface area (Å²) in [7, 11) is 1.33. The highest BCUT2D eigenvalue weighted by Gasteiger charge is 2.26. The van der Waals surface area contributed by atoms with Crippen LogP contribution in [0.5, 0.6) is 0 Å². The van der Waals surface area contributed by atoms with Crippen molar-refractivity contribution in [2.24, 2.45) is 0 Å². The summed E-state index contributed by atoms with van der Waals surface area (Å²) in [5.41, 5.74) is 5.14. The van der Waals surface area contributed by atoms with Crippen LogP contribution in [-0.4, -0.2) is 53.4 Å². The molecule has 0 bridgehead atoms. The number of methoxy groups -OCH3 is 1. The van der Waals surface area contributed by atoms with Crippen LogP contribution < -0.4 is 10.6 Å². The minimum atomic E-state index is -0.472. The highest BCUT2D eigenvalue weighted by molar-refractivity contribution is 5.99. The smallest absolute Gasteiger partial charge is 0.337 e. The summed E-state index contributed by atoms with van der Waals surface area (Å²) in [5, 5.41) is 15.0. The number of anilines is 1. The number of nitrogens with one attached hydrogen (secondary N) is 3. The maximum atomic E-state index is 13.4. The Morgan fingerprint density at radius 3 is 2.63 bits per heavy atom. The Kier molecular flexibility index (Phi) is 7.65. The van der Waals surface area contributed by atoms with Crippen molar-refractivity contribution in [3.05, 3.63) is 52.3 Å². The molecule has 1 aliphatic rings. The third-order valence-corrected chi connectivity index (χ3v) is 6.44. The number of benzene rings is 1. The zero-order valence-corrected chi connectivity index (χ0v) is 20.7. The number of aromatic nitrogens is 3. The lowest BCUT2D eigenvalue weighted by atomic mass is 9.95. The van der Waals surface area contributed by atoms with E-state index in [1.165, 1.54) is 7.11 Å². The first-order valence-electron chi connectivity index (χ1n) is 12.2. The van der Waals surface area contributed by atoms with Crippen molar-refractivity contribution >= 4 is 28.6 Å². The summed E-state index contributed by atoms with van der Waals surface area (Å²) in [5.74, 6) is -0.724. The number of H-pyrrole nitrogens is 1. The third-order valence-electron chi connectivity index (χ3n) is 6.44. The zero-order valence-electron chi connectivity index (χ0n) is 20.7. The van der Waals surface area contributed by atoms with E-state index in [9.17, 15) is 9.59 Å². The number of hydrogen-bond donors (Lipinski definition) is 3. The van der Waals surface area contributed by atoms with E-state index in [1.807, 2.05) is 13.8 Å². The van der Waals surface area contributed by atoms with Crippen LogP contribution in [0.1, 0.15) is 76.7 Å². The van der Waals surface area contributed by atoms with Crippen molar-refractivity contribution in [1.82, 2.24) is 20.5 Å². The fourth-order valence-electron chi connectivity index (χ4n) is 4.65. The van der Waals surface area contributed by atoms with Crippen LogP contribution in [0.4, 0.5) is 5.69 Å². The van der Waals surface area contributed by atoms with E-state index in [0.717, 1.165) is 59.6 Å². The average Bonchev–Trinajstić information content (AvgIpc) is 3.35. The molecule has 0 radical (unpaired) electrons. The Labute approximate surface area is 205 Å². The zero-order chi connectivity index (χ0) is 24.9. The summed E-state index contributed by atoms with van der Waals surface area (Å²) >= 11 is 0. The van der Waals surface area contributed by atoms with Gasteiger partial charge in [0.25, 0.3) is 5.91 Å². The van der Waals surface area contributed by atoms with Crippen molar-refractivity contribution in [1.29, 1.82) is 0 Å². The van der Waals surface area contributed by atoms with E-state index in [1.54, 1.807) is 24.4 Å². The van der Waals surface area contributed by atoms with Crippen molar-refractivity contribution in [3.8, 4) is 0 Å². The number of fused-ring (bicyclic) bond motifs is 1. The first-order chi connectivity index (χ1) is 16.9. The van der Waals surface area contributed by atoms with Crippen LogP contribution in [0.15, 0.2) is 24.4 Å². The van der Waals surface area contributed by atoms with Gasteiger partial charge in [0.1, 0.15) is 0 Å². The number of pyridine rings is 1. The average molecular weight is 480 g/mol. The van der Waals surface area contributed by atoms with E-state index in [-0.39, 0.29) is 18.0 Å². The standard InChI is InChI=1S/C26H33N5O4/c1-5-20-22(23(19-14-27-31-24(19)29-20)28-18-7-9-35-10-8-18)21(6-2)30-25(32)16-11-15(3)12-17(13-16)26(33)34-4/h11-14,18,21H,5-10H2,1-4H3,(H,30,32)(H2,27,28,29,31). The molecule has 186 valence electrons. The van der Waals surface area contributed by atoms with E-state index in [0.29, 0.717) is 24.0 Å².